The number of nitrogens with zero attached hydrogens (tertiary/aromatic N) is 1. The summed E-state index contributed by atoms with van der Waals surface area (Å²) in [5, 5.41) is 0. The minimum atomic E-state index is 0.448. The molecule has 0 saturated carbocycles. The molecule has 0 radical (unpaired) electrons. The van der Waals surface area contributed by atoms with E-state index in [1.807, 2.05) is 11.3 Å². The monoisotopic (exact) mass is 254 g/mol. The lowest BCUT2D eigenvalue weighted by molar-refractivity contribution is 0.0728. The first-order valence-electron chi connectivity index (χ1n) is 6.43. The second kappa shape index (κ2) is 6.50. The Bertz CT molecular complexity index is 334. The fourth-order valence-corrected chi connectivity index (χ4v) is 3.16. The van der Waals surface area contributed by atoms with Crippen LogP contribution < -0.4 is 5.73 Å². The summed E-state index contributed by atoms with van der Waals surface area (Å²) in [7, 11) is 0. The molecule has 0 spiro atoms. The summed E-state index contributed by atoms with van der Waals surface area (Å²) >= 11 is 1.83. The van der Waals surface area contributed by atoms with E-state index >= 15 is 0 Å². The average Bonchev–Trinajstić information content (AvgIpc) is 2.99. The normalized spacial score (nSPS) is 20.3. The Morgan fingerprint density at radius 2 is 2.29 bits per heavy atom. The highest BCUT2D eigenvalue weighted by Gasteiger charge is 2.18. The van der Waals surface area contributed by atoms with Crippen molar-refractivity contribution >= 4 is 11.3 Å². The highest BCUT2D eigenvalue weighted by atomic mass is 32.1. The van der Waals surface area contributed by atoms with Gasteiger partial charge in [0.2, 0.25) is 0 Å². The highest BCUT2D eigenvalue weighted by Crippen LogP contribution is 2.19. The summed E-state index contributed by atoms with van der Waals surface area (Å²) < 4.78 is 5.69. The molecule has 0 amide bonds. The first-order chi connectivity index (χ1) is 8.31. The molecule has 96 valence electrons. The molecule has 0 aromatic carbocycles. The van der Waals surface area contributed by atoms with Gasteiger partial charge in [0, 0.05) is 36.0 Å². The first kappa shape index (κ1) is 13.0. The van der Waals surface area contributed by atoms with Crippen LogP contribution in [0.5, 0.6) is 0 Å². The third-order valence-corrected chi connectivity index (χ3v) is 4.32. The first-order valence-corrected chi connectivity index (χ1v) is 7.25. The number of ether oxygens (including phenoxy) is 1. The molecule has 0 bridgehead atoms. The Labute approximate surface area is 108 Å². The van der Waals surface area contributed by atoms with Crippen molar-refractivity contribution < 1.29 is 4.74 Å². The Hall–Kier alpha value is -0.420. The molecule has 1 aromatic rings. The van der Waals surface area contributed by atoms with Gasteiger partial charge in [-0.05, 0) is 31.5 Å². The molecule has 1 fully saturated rings. The highest BCUT2D eigenvalue weighted by molar-refractivity contribution is 7.11. The van der Waals surface area contributed by atoms with Gasteiger partial charge in [0.1, 0.15) is 0 Å². The number of rotatable bonds is 6. The van der Waals surface area contributed by atoms with Gasteiger partial charge < -0.3 is 10.5 Å². The van der Waals surface area contributed by atoms with Crippen LogP contribution in [0.15, 0.2) is 12.1 Å². The van der Waals surface area contributed by atoms with E-state index in [-0.39, 0.29) is 0 Å². The van der Waals surface area contributed by atoms with Crippen LogP contribution in [0.1, 0.15) is 29.5 Å². The molecule has 1 aromatic heterocycles. The number of hydrogen-bond donors (Lipinski definition) is 1. The summed E-state index contributed by atoms with van der Waals surface area (Å²) in [5.74, 6) is 0. The topological polar surface area (TPSA) is 38.5 Å². The molecule has 0 aliphatic carbocycles. The molecule has 4 heteroatoms. The van der Waals surface area contributed by atoms with Crippen LogP contribution in [0, 0.1) is 0 Å². The molecule has 1 unspecified atom stereocenters. The van der Waals surface area contributed by atoms with Crippen LogP contribution in [0.4, 0.5) is 0 Å². The van der Waals surface area contributed by atoms with Crippen molar-refractivity contribution in [2.45, 2.75) is 39.0 Å². The van der Waals surface area contributed by atoms with E-state index in [0.29, 0.717) is 12.6 Å². The summed E-state index contributed by atoms with van der Waals surface area (Å²) in [5.41, 5.74) is 5.64. The van der Waals surface area contributed by atoms with Gasteiger partial charge in [-0.25, -0.2) is 0 Å². The largest absolute Gasteiger partial charge is 0.377 e. The zero-order valence-electron chi connectivity index (χ0n) is 10.5. The minimum Gasteiger partial charge on any atom is -0.377 e. The molecule has 3 nitrogen and oxygen atoms in total. The van der Waals surface area contributed by atoms with Gasteiger partial charge in [0.15, 0.2) is 0 Å². The van der Waals surface area contributed by atoms with Gasteiger partial charge in [0.05, 0.1) is 6.10 Å². The second-order valence-corrected chi connectivity index (χ2v) is 5.79. The molecule has 1 saturated heterocycles. The average molecular weight is 254 g/mol. The van der Waals surface area contributed by atoms with Crippen LogP contribution in [0.25, 0.3) is 0 Å². The zero-order chi connectivity index (χ0) is 12.1. The molecule has 1 aliphatic heterocycles. The molecule has 2 rings (SSSR count). The van der Waals surface area contributed by atoms with E-state index in [1.54, 1.807) is 0 Å². The molecule has 17 heavy (non-hydrogen) atoms. The van der Waals surface area contributed by atoms with Crippen molar-refractivity contribution in [3.8, 4) is 0 Å². The quantitative estimate of drug-likeness (QED) is 0.846. The van der Waals surface area contributed by atoms with E-state index < -0.39 is 0 Å². The maximum Gasteiger partial charge on any atom is 0.0702 e. The van der Waals surface area contributed by atoms with Crippen LogP contribution in [-0.4, -0.2) is 30.7 Å². The van der Waals surface area contributed by atoms with Gasteiger partial charge >= 0.3 is 0 Å². The van der Waals surface area contributed by atoms with Crippen LogP contribution in [-0.2, 0) is 17.8 Å². The van der Waals surface area contributed by atoms with E-state index in [0.717, 1.165) is 26.2 Å². The number of nitrogens with two attached hydrogens (primary N) is 1. The Morgan fingerprint density at radius 3 is 2.88 bits per heavy atom. The predicted octanol–water partition coefficient (Wildman–Crippen LogP) is 2.21. The van der Waals surface area contributed by atoms with E-state index in [9.17, 15) is 0 Å². The third kappa shape index (κ3) is 3.78. The van der Waals surface area contributed by atoms with E-state index in [1.165, 1.54) is 22.6 Å². The van der Waals surface area contributed by atoms with Crippen molar-refractivity contribution in [2.24, 2.45) is 5.73 Å². The lowest BCUT2D eigenvalue weighted by atomic mass is 10.2. The molecule has 2 heterocycles. The Balaban J connectivity index is 1.85. The fourth-order valence-electron chi connectivity index (χ4n) is 2.22. The minimum absolute atomic E-state index is 0.448. The van der Waals surface area contributed by atoms with E-state index in [4.69, 9.17) is 10.5 Å². The summed E-state index contributed by atoms with van der Waals surface area (Å²) in [4.78, 5) is 5.14. The number of likely N-dealkylation sites (N-methyl/N-ethyl adjacent to an activating group) is 1. The standard InChI is InChI=1S/C13H22N2OS/c1-2-15(9-11-4-3-7-16-11)10-13-6-5-12(8-14)17-13/h5-6,11H,2-4,7-10,14H2,1H3. The smallest absolute Gasteiger partial charge is 0.0702 e. The zero-order valence-corrected chi connectivity index (χ0v) is 11.3. The van der Waals surface area contributed by atoms with Gasteiger partial charge in [-0.3, -0.25) is 4.90 Å². The van der Waals surface area contributed by atoms with Gasteiger partial charge in [-0.1, -0.05) is 6.92 Å². The molecule has 1 aliphatic rings. The van der Waals surface area contributed by atoms with Gasteiger partial charge in [0.25, 0.3) is 0 Å². The lowest BCUT2D eigenvalue weighted by Crippen LogP contribution is -2.31. The van der Waals surface area contributed by atoms with Crippen LogP contribution >= 0.6 is 11.3 Å². The van der Waals surface area contributed by atoms with Crippen molar-refractivity contribution in [1.29, 1.82) is 0 Å². The number of hydrogen-bond acceptors (Lipinski definition) is 4. The Kier molecular flexibility index (Phi) is 4.98. The van der Waals surface area contributed by atoms with Gasteiger partial charge in [-0.2, -0.15) is 0 Å². The van der Waals surface area contributed by atoms with Crippen molar-refractivity contribution in [3.05, 3.63) is 21.9 Å². The van der Waals surface area contributed by atoms with Crippen molar-refractivity contribution in [3.63, 3.8) is 0 Å². The van der Waals surface area contributed by atoms with Crippen LogP contribution in [0.3, 0.4) is 0 Å². The SMILES string of the molecule is CCN(Cc1ccc(CN)s1)CC1CCCO1. The third-order valence-electron chi connectivity index (χ3n) is 3.23. The molecule has 2 N–H and O–H groups in total. The Morgan fingerprint density at radius 1 is 1.47 bits per heavy atom. The second-order valence-electron chi connectivity index (χ2n) is 4.53. The van der Waals surface area contributed by atoms with Crippen LogP contribution in [0.2, 0.25) is 0 Å². The number of thiophene rings is 1. The molecular formula is C13H22N2OS. The van der Waals surface area contributed by atoms with E-state index in [2.05, 4.69) is 24.0 Å². The summed E-state index contributed by atoms with van der Waals surface area (Å²) in [6.45, 7) is 6.98. The van der Waals surface area contributed by atoms with Gasteiger partial charge in [-0.15, -0.1) is 11.3 Å². The van der Waals surface area contributed by atoms with Crippen molar-refractivity contribution in [2.75, 3.05) is 19.7 Å². The summed E-state index contributed by atoms with van der Waals surface area (Å²) in [6, 6.07) is 4.34. The summed E-state index contributed by atoms with van der Waals surface area (Å²) in [6.07, 6.45) is 2.89. The molecule has 1 atom stereocenters. The molecular weight excluding hydrogens is 232 g/mol. The maximum atomic E-state index is 5.69. The van der Waals surface area contributed by atoms with Crippen molar-refractivity contribution in [1.82, 2.24) is 4.90 Å². The fraction of sp³-hybridized carbons (Fsp3) is 0.692. The lowest BCUT2D eigenvalue weighted by Gasteiger charge is -2.22. The maximum absolute atomic E-state index is 5.69. The predicted molar refractivity (Wildman–Crippen MR) is 72.1 cm³/mol.